The Kier molecular flexibility index (Phi) is 8.95. The van der Waals surface area contributed by atoms with Gasteiger partial charge in [0, 0.05) is 20.9 Å². The lowest BCUT2D eigenvalue weighted by Crippen LogP contribution is -2.23. The normalized spacial score (nSPS) is 12.2. The summed E-state index contributed by atoms with van der Waals surface area (Å²) >= 11 is 2.96. The SMILES string of the molecule is CCOC(=O)/C(=C/NCOCC[Si](C)(C)C)C(=N)Br. The number of hydrogen-bond donors (Lipinski definition) is 2. The molecule has 0 aliphatic carbocycles. The third-order valence-corrected chi connectivity index (χ3v) is 4.29. The van der Waals surface area contributed by atoms with Gasteiger partial charge in [-0.15, -0.1) is 0 Å². The molecule has 0 saturated carbocycles. The largest absolute Gasteiger partial charge is 0.462 e. The molecule has 0 spiro atoms. The van der Waals surface area contributed by atoms with Gasteiger partial charge in [-0.3, -0.25) is 5.41 Å². The molecule has 19 heavy (non-hydrogen) atoms. The zero-order valence-corrected chi connectivity index (χ0v) is 14.6. The van der Waals surface area contributed by atoms with Gasteiger partial charge < -0.3 is 14.8 Å². The number of ether oxygens (including phenoxy) is 2. The van der Waals surface area contributed by atoms with E-state index in [4.69, 9.17) is 14.9 Å². The molecule has 5 nitrogen and oxygen atoms in total. The van der Waals surface area contributed by atoms with E-state index >= 15 is 0 Å². The lowest BCUT2D eigenvalue weighted by molar-refractivity contribution is -0.137. The van der Waals surface area contributed by atoms with Gasteiger partial charge >= 0.3 is 5.97 Å². The molecule has 0 heterocycles. The smallest absolute Gasteiger partial charge is 0.342 e. The Hall–Kier alpha value is -0.663. The standard InChI is InChI=1S/C12H23BrN2O3Si/c1-5-18-12(16)10(11(13)14)8-15-9-17-6-7-19(2,3)4/h8,14-15H,5-7,9H2,1-4H3/b10-8+,14-11?. The van der Waals surface area contributed by atoms with Crippen LogP contribution in [0.25, 0.3) is 0 Å². The van der Waals surface area contributed by atoms with Crippen molar-refractivity contribution in [2.24, 2.45) is 0 Å². The number of carbonyl (C=O) groups excluding carboxylic acids is 1. The minimum Gasteiger partial charge on any atom is -0.462 e. The summed E-state index contributed by atoms with van der Waals surface area (Å²) in [6.45, 7) is 9.88. The maximum absolute atomic E-state index is 11.5. The number of rotatable bonds is 9. The molecule has 0 aliphatic heterocycles. The van der Waals surface area contributed by atoms with E-state index in [0.717, 1.165) is 6.04 Å². The molecule has 0 atom stereocenters. The first-order valence-corrected chi connectivity index (χ1v) is 10.7. The van der Waals surface area contributed by atoms with Crippen molar-refractivity contribution < 1.29 is 14.3 Å². The van der Waals surface area contributed by atoms with Crippen molar-refractivity contribution in [1.82, 2.24) is 5.32 Å². The molecular weight excluding hydrogens is 328 g/mol. The summed E-state index contributed by atoms with van der Waals surface area (Å²) in [6.07, 6.45) is 1.43. The number of hydrogen-bond acceptors (Lipinski definition) is 5. The average molecular weight is 351 g/mol. The van der Waals surface area contributed by atoms with Crippen molar-refractivity contribution in [2.75, 3.05) is 19.9 Å². The average Bonchev–Trinajstić information content (AvgIpc) is 2.26. The Balaban J connectivity index is 4.06. The van der Waals surface area contributed by atoms with Crippen LogP contribution in [0.4, 0.5) is 0 Å². The third kappa shape index (κ3) is 9.86. The molecule has 0 fully saturated rings. The Morgan fingerprint density at radius 3 is 2.53 bits per heavy atom. The fourth-order valence-electron chi connectivity index (χ4n) is 1.07. The zero-order valence-electron chi connectivity index (χ0n) is 12.0. The minimum absolute atomic E-state index is 0.0134. The molecule has 0 rings (SSSR count). The van der Waals surface area contributed by atoms with Crippen molar-refractivity contribution in [3.8, 4) is 0 Å². The molecule has 0 aromatic carbocycles. The molecule has 0 aromatic rings. The van der Waals surface area contributed by atoms with E-state index in [9.17, 15) is 4.79 Å². The van der Waals surface area contributed by atoms with Gasteiger partial charge in [0.2, 0.25) is 0 Å². The molecule has 2 N–H and O–H groups in total. The second-order valence-corrected chi connectivity index (χ2v) is 11.6. The Bertz CT molecular complexity index is 340. The first kappa shape index (κ1) is 18.3. The van der Waals surface area contributed by atoms with E-state index in [-0.39, 0.29) is 16.8 Å². The van der Waals surface area contributed by atoms with Crippen molar-refractivity contribution >= 4 is 34.6 Å². The molecule has 0 aliphatic rings. The molecular formula is C12H23BrN2O3Si. The van der Waals surface area contributed by atoms with Crippen LogP contribution in [0.1, 0.15) is 6.92 Å². The van der Waals surface area contributed by atoms with Gasteiger partial charge in [0.05, 0.1) is 6.61 Å². The van der Waals surface area contributed by atoms with E-state index < -0.39 is 14.0 Å². The van der Waals surface area contributed by atoms with Gasteiger partial charge in [-0.1, -0.05) is 19.6 Å². The highest BCUT2D eigenvalue weighted by Crippen LogP contribution is 2.07. The van der Waals surface area contributed by atoms with Crippen LogP contribution in [-0.2, 0) is 14.3 Å². The number of halogens is 1. The van der Waals surface area contributed by atoms with E-state index in [1.807, 2.05) is 0 Å². The van der Waals surface area contributed by atoms with Crippen LogP contribution in [0.15, 0.2) is 11.8 Å². The van der Waals surface area contributed by atoms with Gasteiger partial charge in [0.25, 0.3) is 0 Å². The molecule has 0 amide bonds. The molecule has 110 valence electrons. The van der Waals surface area contributed by atoms with Crippen molar-refractivity contribution in [2.45, 2.75) is 32.6 Å². The molecule has 7 heteroatoms. The summed E-state index contributed by atoms with van der Waals surface area (Å²) in [5.41, 5.74) is 0.149. The van der Waals surface area contributed by atoms with Crippen molar-refractivity contribution in [1.29, 1.82) is 5.41 Å². The second-order valence-electron chi connectivity index (χ2n) is 5.16. The van der Waals surface area contributed by atoms with Gasteiger partial charge in [-0.25, -0.2) is 4.79 Å². The van der Waals surface area contributed by atoms with Crippen molar-refractivity contribution in [3.63, 3.8) is 0 Å². The summed E-state index contributed by atoms with van der Waals surface area (Å²) in [6, 6.07) is 1.09. The van der Waals surface area contributed by atoms with Crippen LogP contribution in [0, 0.1) is 5.41 Å². The molecule has 0 saturated heterocycles. The van der Waals surface area contributed by atoms with Crippen LogP contribution in [0.2, 0.25) is 25.7 Å². The fourth-order valence-corrected chi connectivity index (χ4v) is 2.11. The second kappa shape index (κ2) is 9.27. The summed E-state index contributed by atoms with van der Waals surface area (Å²) in [5, 5.41) is 10.3. The zero-order chi connectivity index (χ0) is 14.9. The highest BCUT2D eigenvalue weighted by molar-refractivity contribution is 9.18. The monoisotopic (exact) mass is 350 g/mol. The van der Waals surface area contributed by atoms with Crippen LogP contribution in [-0.4, -0.2) is 38.6 Å². The molecule has 0 radical (unpaired) electrons. The minimum atomic E-state index is -1.07. The van der Waals surface area contributed by atoms with Crippen LogP contribution < -0.4 is 5.32 Å². The predicted octanol–water partition coefficient (Wildman–Crippen LogP) is 2.71. The Morgan fingerprint density at radius 2 is 2.05 bits per heavy atom. The van der Waals surface area contributed by atoms with E-state index in [1.165, 1.54) is 6.20 Å². The predicted molar refractivity (Wildman–Crippen MR) is 83.5 cm³/mol. The van der Waals surface area contributed by atoms with E-state index in [2.05, 4.69) is 40.9 Å². The first-order valence-electron chi connectivity index (χ1n) is 6.20. The van der Waals surface area contributed by atoms with Crippen LogP contribution in [0.3, 0.4) is 0 Å². The quantitative estimate of drug-likeness (QED) is 0.167. The molecule has 0 aromatic heterocycles. The van der Waals surface area contributed by atoms with Crippen LogP contribution in [0.5, 0.6) is 0 Å². The lowest BCUT2D eigenvalue weighted by Gasteiger charge is -2.15. The molecule has 0 unspecified atom stereocenters. The maximum Gasteiger partial charge on any atom is 0.342 e. The van der Waals surface area contributed by atoms with E-state index in [1.54, 1.807) is 6.92 Å². The first-order chi connectivity index (χ1) is 8.78. The third-order valence-electron chi connectivity index (χ3n) is 2.16. The number of nitrogens with one attached hydrogen (secondary N) is 2. The van der Waals surface area contributed by atoms with Gasteiger partial charge in [0.15, 0.2) is 0 Å². The summed E-state index contributed by atoms with van der Waals surface area (Å²) in [7, 11) is -1.07. The topological polar surface area (TPSA) is 71.4 Å². The highest BCUT2D eigenvalue weighted by atomic mass is 79.9. The molecule has 0 bridgehead atoms. The lowest BCUT2D eigenvalue weighted by atomic mass is 10.3. The Labute approximate surface area is 124 Å². The highest BCUT2D eigenvalue weighted by Gasteiger charge is 2.14. The number of esters is 1. The maximum atomic E-state index is 11.5. The van der Waals surface area contributed by atoms with Gasteiger partial charge in [-0.2, -0.15) is 0 Å². The fraction of sp³-hybridized carbons (Fsp3) is 0.667. The van der Waals surface area contributed by atoms with Crippen LogP contribution >= 0.6 is 15.9 Å². The summed E-state index contributed by atoms with van der Waals surface area (Å²) in [5.74, 6) is -0.529. The van der Waals surface area contributed by atoms with Gasteiger partial charge in [-0.05, 0) is 28.9 Å². The number of carbonyl (C=O) groups is 1. The van der Waals surface area contributed by atoms with Crippen molar-refractivity contribution in [3.05, 3.63) is 11.8 Å². The Morgan fingerprint density at radius 1 is 1.42 bits per heavy atom. The van der Waals surface area contributed by atoms with Gasteiger partial charge in [0.1, 0.15) is 16.9 Å². The summed E-state index contributed by atoms with van der Waals surface area (Å²) in [4.78, 5) is 11.5. The van der Waals surface area contributed by atoms with E-state index in [0.29, 0.717) is 13.3 Å². The summed E-state index contributed by atoms with van der Waals surface area (Å²) < 4.78 is 10.2.